The quantitative estimate of drug-likeness (QED) is 0.251. The van der Waals surface area contributed by atoms with Crippen molar-refractivity contribution in [3.8, 4) is 0 Å². The summed E-state index contributed by atoms with van der Waals surface area (Å²) in [5, 5.41) is 0.813. The number of rotatable bonds is 6. The van der Waals surface area contributed by atoms with Crippen LogP contribution < -0.4 is 0 Å². The number of carbonyl (C=O) groups is 1. The Morgan fingerprint density at radius 3 is 2.14 bits per heavy atom. The summed E-state index contributed by atoms with van der Waals surface area (Å²) in [5.74, 6) is 0.588. The molecule has 5 fully saturated rings. The number of ether oxygens (including phenoxy) is 1. The highest BCUT2D eigenvalue weighted by Crippen LogP contribution is 2.52. The Hall–Kier alpha value is -1.84. The zero-order valence-corrected chi connectivity index (χ0v) is 21.6. The number of benzene rings is 2. The fourth-order valence-corrected chi connectivity index (χ4v) is 7.79. The Morgan fingerprint density at radius 1 is 0.857 bits per heavy atom. The van der Waals surface area contributed by atoms with Crippen LogP contribution in [0.2, 0.25) is 5.02 Å². The van der Waals surface area contributed by atoms with Gasteiger partial charge in [0.1, 0.15) is 6.54 Å². The van der Waals surface area contributed by atoms with E-state index in [1.165, 1.54) is 63.7 Å². The monoisotopic (exact) mass is 492 g/mol. The third-order valence-corrected chi connectivity index (χ3v) is 10.2. The summed E-state index contributed by atoms with van der Waals surface area (Å²) in [6.07, 6.45) is 11.5. The summed E-state index contributed by atoms with van der Waals surface area (Å²) in [6, 6.07) is 19.1. The molecule has 1 atom stereocenters. The molecule has 4 heteroatoms. The van der Waals surface area contributed by atoms with E-state index in [1.54, 1.807) is 0 Å². The lowest BCUT2D eigenvalue weighted by atomic mass is 9.74. The van der Waals surface area contributed by atoms with Crippen LogP contribution in [0.15, 0.2) is 54.6 Å². The third-order valence-electron chi connectivity index (χ3n) is 9.92. The van der Waals surface area contributed by atoms with Gasteiger partial charge < -0.3 is 9.22 Å². The van der Waals surface area contributed by atoms with E-state index >= 15 is 0 Å². The first-order valence-electron chi connectivity index (χ1n) is 13.9. The van der Waals surface area contributed by atoms with E-state index < -0.39 is 5.41 Å². The second kappa shape index (κ2) is 9.23. The Morgan fingerprint density at radius 2 is 1.51 bits per heavy atom. The summed E-state index contributed by atoms with van der Waals surface area (Å²) in [5.41, 5.74) is 2.43. The number of hydrogen-bond acceptors (Lipinski definition) is 2. The average molecular weight is 493 g/mol. The van der Waals surface area contributed by atoms with Crippen molar-refractivity contribution in [1.29, 1.82) is 0 Å². The fourth-order valence-electron chi connectivity index (χ4n) is 7.66. The number of esters is 1. The Bertz CT molecular complexity index is 1030. The smallest absolute Gasteiger partial charge is 0.317 e. The molecule has 0 amide bonds. The number of carbonyl (C=O) groups excluding carboxylic acids is 1. The third kappa shape index (κ3) is 4.44. The summed E-state index contributed by atoms with van der Waals surface area (Å²) >= 11 is 6.18. The van der Waals surface area contributed by atoms with Crippen LogP contribution in [0, 0.1) is 5.92 Å². The number of quaternary nitrogens is 1. The lowest BCUT2D eigenvalue weighted by Crippen LogP contribution is -2.66. The molecule has 0 aromatic heterocycles. The van der Waals surface area contributed by atoms with Crippen LogP contribution in [0.3, 0.4) is 0 Å². The molecule has 5 aliphatic rings. The Kier molecular flexibility index (Phi) is 6.21. The van der Waals surface area contributed by atoms with Gasteiger partial charge in [-0.3, -0.25) is 4.79 Å². The standard InChI is InChI=1S/C31H39ClNO2/c32-27-12-10-25(11-13-27)30(18-19-30)23-33-20-14-24(15-21-33)28(22-33)35-29(34)31(16-6-1-2-7-17-31)26-8-4-3-5-9-26/h3-5,8-13,24,28H,1-2,6-7,14-23H2/q+1/t24?,28-,33?/m0/s1. The molecule has 0 unspecified atom stereocenters. The van der Waals surface area contributed by atoms with Crippen molar-refractivity contribution >= 4 is 17.6 Å². The highest BCUT2D eigenvalue weighted by molar-refractivity contribution is 6.30. The number of nitrogens with zero attached hydrogens (tertiary/aromatic N) is 1. The van der Waals surface area contributed by atoms with Crippen LogP contribution in [0.25, 0.3) is 0 Å². The maximum Gasteiger partial charge on any atom is 0.317 e. The first-order chi connectivity index (χ1) is 17.0. The van der Waals surface area contributed by atoms with E-state index in [0.29, 0.717) is 5.92 Å². The molecular formula is C31H39ClNO2+. The summed E-state index contributed by atoms with van der Waals surface area (Å²) in [4.78, 5) is 14.0. The molecule has 2 aromatic carbocycles. The highest BCUT2D eigenvalue weighted by Gasteiger charge is 2.56. The van der Waals surface area contributed by atoms with E-state index in [-0.39, 0.29) is 17.5 Å². The maximum atomic E-state index is 14.0. The Balaban J connectivity index is 1.21. The van der Waals surface area contributed by atoms with Crippen LogP contribution in [-0.4, -0.2) is 42.7 Å². The molecule has 3 nitrogen and oxygen atoms in total. The van der Waals surface area contributed by atoms with Crippen molar-refractivity contribution in [3.63, 3.8) is 0 Å². The SMILES string of the molecule is O=C(O[C@H]1C[N+]2(CC3(c4ccc(Cl)cc4)CC3)CCC1CC2)C1(c2ccccc2)CCCCCC1. The van der Waals surface area contributed by atoms with Gasteiger partial charge in [0.05, 0.1) is 25.0 Å². The van der Waals surface area contributed by atoms with Gasteiger partial charge in [0.2, 0.25) is 0 Å². The largest absolute Gasteiger partial charge is 0.455 e. The van der Waals surface area contributed by atoms with E-state index in [2.05, 4.69) is 42.5 Å². The number of piperidine rings is 3. The zero-order valence-electron chi connectivity index (χ0n) is 20.9. The molecule has 35 heavy (non-hydrogen) atoms. The molecule has 3 aliphatic heterocycles. The van der Waals surface area contributed by atoms with E-state index in [1.807, 2.05) is 12.1 Å². The molecule has 3 heterocycles. The van der Waals surface area contributed by atoms with Crippen LogP contribution in [0.4, 0.5) is 0 Å². The van der Waals surface area contributed by atoms with Crippen molar-refractivity contribution < 1.29 is 14.0 Å². The topological polar surface area (TPSA) is 26.3 Å². The molecule has 2 saturated carbocycles. The molecule has 3 saturated heterocycles. The minimum atomic E-state index is -0.463. The van der Waals surface area contributed by atoms with E-state index in [0.717, 1.165) is 47.3 Å². The normalized spacial score (nSPS) is 30.9. The van der Waals surface area contributed by atoms with Crippen molar-refractivity contribution in [2.45, 2.75) is 81.1 Å². The van der Waals surface area contributed by atoms with Crippen molar-refractivity contribution in [1.82, 2.24) is 0 Å². The minimum Gasteiger partial charge on any atom is -0.455 e. The lowest BCUT2D eigenvalue weighted by Gasteiger charge is -2.53. The predicted octanol–water partition coefficient (Wildman–Crippen LogP) is 6.82. The molecule has 2 bridgehead atoms. The maximum absolute atomic E-state index is 14.0. The number of fused-ring (bicyclic) bond motifs is 3. The summed E-state index contributed by atoms with van der Waals surface area (Å²) in [7, 11) is 0. The molecule has 2 aromatic rings. The van der Waals surface area contributed by atoms with Gasteiger partial charge in [0.25, 0.3) is 0 Å². The zero-order chi connectivity index (χ0) is 23.9. The molecule has 0 radical (unpaired) electrons. The number of hydrogen-bond donors (Lipinski definition) is 0. The van der Waals surface area contributed by atoms with Gasteiger partial charge in [-0.15, -0.1) is 0 Å². The summed E-state index contributed by atoms with van der Waals surface area (Å²) < 4.78 is 7.71. The van der Waals surface area contributed by atoms with E-state index in [4.69, 9.17) is 16.3 Å². The Labute approximate surface area is 215 Å². The van der Waals surface area contributed by atoms with Crippen molar-refractivity contribution in [2.24, 2.45) is 5.92 Å². The average Bonchev–Trinajstić information content (AvgIpc) is 3.69. The van der Waals surface area contributed by atoms with Gasteiger partial charge in [0, 0.05) is 29.2 Å². The van der Waals surface area contributed by atoms with Gasteiger partial charge >= 0.3 is 5.97 Å². The predicted molar refractivity (Wildman–Crippen MR) is 141 cm³/mol. The molecule has 0 spiro atoms. The van der Waals surface area contributed by atoms with Gasteiger partial charge in [-0.2, -0.15) is 0 Å². The highest BCUT2D eigenvalue weighted by atomic mass is 35.5. The second-order valence-electron chi connectivity index (χ2n) is 12.1. The van der Waals surface area contributed by atoms with Crippen molar-refractivity contribution in [3.05, 3.63) is 70.7 Å². The lowest BCUT2D eigenvalue weighted by molar-refractivity contribution is -0.948. The van der Waals surface area contributed by atoms with Gasteiger partial charge in [-0.1, -0.05) is 79.7 Å². The first-order valence-corrected chi connectivity index (χ1v) is 14.3. The second-order valence-corrected chi connectivity index (χ2v) is 12.5. The molecule has 7 rings (SSSR count). The van der Waals surface area contributed by atoms with Crippen molar-refractivity contribution in [2.75, 3.05) is 26.2 Å². The van der Waals surface area contributed by atoms with Gasteiger partial charge in [0.15, 0.2) is 6.10 Å². The molecule has 0 N–H and O–H groups in total. The van der Waals surface area contributed by atoms with Gasteiger partial charge in [-0.05, 0) is 48.9 Å². The fraction of sp³-hybridized carbons (Fsp3) is 0.581. The van der Waals surface area contributed by atoms with E-state index in [9.17, 15) is 4.79 Å². The molecule has 186 valence electrons. The summed E-state index contributed by atoms with van der Waals surface area (Å²) in [6.45, 7) is 4.64. The molecule has 2 aliphatic carbocycles. The minimum absolute atomic E-state index is 0.0568. The van der Waals surface area contributed by atoms with Crippen LogP contribution in [0.1, 0.15) is 75.3 Å². The first kappa shape index (κ1) is 23.6. The van der Waals surface area contributed by atoms with Crippen LogP contribution in [-0.2, 0) is 20.4 Å². The van der Waals surface area contributed by atoms with Crippen LogP contribution in [0.5, 0.6) is 0 Å². The van der Waals surface area contributed by atoms with Crippen LogP contribution >= 0.6 is 11.6 Å². The number of halogens is 1. The van der Waals surface area contributed by atoms with Gasteiger partial charge in [-0.25, -0.2) is 0 Å². The molecular weight excluding hydrogens is 454 g/mol.